The number of aromatic nitrogens is 1. The minimum atomic E-state index is -0.660. The molecule has 0 saturated carbocycles. The molecule has 2 aromatic carbocycles. The van der Waals surface area contributed by atoms with Crippen LogP contribution in [0, 0.1) is 12.3 Å². The number of likely N-dealkylation sites (tertiary alicyclic amines) is 1. The Hall–Kier alpha value is -3.47. The average Bonchev–Trinajstić information content (AvgIpc) is 3.28. The van der Waals surface area contributed by atoms with Crippen LogP contribution in [0.3, 0.4) is 0 Å². The van der Waals surface area contributed by atoms with Gasteiger partial charge in [-0.2, -0.15) is 0 Å². The molecule has 1 N–H and O–H groups in total. The van der Waals surface area contributed by atoms with E-state index in [1.54, 1.807) is 29.4 Å². The number of hydrogen-bond acceptors (Lipinski definition) is 3. The van der Waals surface area contributed by atoms with Gasteiger partial charge in [0.1, 0.15) is 0 Å². The van der Waals surface area contributed by atoms with Gasteiger partial charge in [0.2, 0.25) is 5.91 Å². The van der Waals surface area contributed by atoms with Gasteiger partial charge in [0.05, 0.1) is 11.0 Å². The van der Waals surface area contributed by atoms with Crippen LogP contribution in [0.25, 0.3) is 11.1 Å². The summed E-state index contributed by atoms with van der Waals surface area (Å²) in [4.78, 5) is 32.5. The summed E-state index contributed by atoms with van der Waals surface area (Å²) in [6.07, 6.45) is 5.35. The van der Waals surface area contributed by atoms with Gasteiger partial charge in [-0.1, -0.05) is 61.0 Å². The summed E-state index contributed by atoms with van der Waals surface area (Å²) in [5, 5.41) is 3.11. The van der Waals surface area contributed by atoms with Gasteiger partial charge in [0.15, 0.2) is 0 Å². The first-order valence-corrected chi connectivity index (χ1v) is 11.6. The zero-order valence-corrected chi connectivity index (χ0v) is 19.4. The number of nitrogens with zero attached hydrogens (tertiary/aromatic N) is 2. The minimum absolute atomic E-state index is 0.0323. The lowest BCUT2D eigenvalue weighted by molar-refractivity contribution is -0.130. The third kappa shape index (κ3) is 4.98. The molecule has 170 valence electrons. The summed E-state index contributed by atoms with van der Waals surface area (Å²) < 4.78 is 0. The number of carbonyl (C=O) groups is 2. The molecule has 0 radical (unpaired) electrons. The summed E-state index contributed by atoms with van der Waals surface area (Å²) in [5.41, 5.74) is 4.52. The number of hydrogen-bond donors (Lipinski definition) is 1. The Bertz CT molecular complexity index is 1130. The van der Waals surface area contributed by atoms with Crippen molar-refractivity contribution in [2.45, 2.75) is 33.1 Å². The van der Waals surface area contributed by atoms with E-state index < -0.39 is 5.41 Å². The van der Waals surface area contributed by atoms with Crippen LogP contribution in [0.2, 0.25) is 0 Å². The molecule has 1 fully saturated rings. The SMILES string of the molecule is CCCNC(=O)C1(Cc2ccccc2-c2cccc(C)c2)CCN(C(=O)c2cccnc2)C1. The van der Waals surface area contributed by atoms with Gasteiger partial charge >= 0.3 is 0 Å². The molecular weight excluding hydrogens is 410 g/mol. The molecule has 1 aromatic heterocycles. The zero-order valence-electron chi connectivity index (χ0n) is 19.4. The van der Waals surface area contributed by atoms with E-state index in [4.69, 9.17) is 0 Å². The lowest BCUT2D eigenvalue weighted by Crippen LogP contribution is -2.45. The van der Waals surface area contributed by atoms with Crippen LogP contribution >= 0.6 is 0 Å². The maximum atomic E-state index is 13.5. The van der Waals surface area contributed by atoms with Gasteiger partial charge in [-0.15, -0.1) is 0 Å². The predicted molar refractivity (Wildman–Crippen MR) is 131 cm³/mol. The maximum absolute atomic E-state index is 13.5. The molecule has 1 unspecified atom stereocenters. The molecule has 2 heterocycles. The number of amides is 2. The normalized spacial score (nSPS) is 17.7. The molecule has 1 aliphatic rings. The van der Waals surface area contributed by atoms with E-state index in [1.165, 1.54) is 5.56 Å². The monoisotopic (exact) mass is 441 g/mol. The molecule has 1 atom stereocenters. The molecule has 0 aliphatic carbocycles. The Morgan fingerprint density at radius 1 is 1.09 bits per heavy atom. The number of benzene rings is 2. The smallest absolute Gasteiger partial charge is 0.255 e. The second-order valence-corrected chi connectivity index (χ2v) is 8.96. The third-order valence-corrected chi connectivity index (χ3v) is 6.44. The molecule has 5 heteroatoms. The van der Waals surface area contributed by atoms with E-state index in [2.05, 4.69) is 53.6 Å². The van der Waals surface area contributed by atoms with Gasteiger partial charge < -0.3 is 10.2 Å². The van der Waals surface area contributed by atoms with Crippen molar-refractivity contribution < 1.29 is 9.59 Å². The largest absolute Gasteiger partial charge is 0.356 e. The van der Waals surface area contributed by atoms with Crippen LogP contribution in [0.1, 0.15) is 41.3 Å². The van der Waals surface area contributed by atoms with Crippen LogP contribution in [0.5, 0.6) is 0 Å². The first-order valence-electron chi connectivity index (χ1n) is 11.6. The van der Waals surface area contributed by atoms with Crippen LogP contribution in [-0.4, -0.2) is 41.3 Å². The highest BCUT2D eigenvalue weighted by Crippen LogP contribution is 2.38. The first-order chi connectivity index (χ1) is 16.0. The van der Waals surface area contributed by atoms with Gasteiger partial charge in [-0.3, -0.25) is 14.6 Å². The van der Waals surface area contributed by atoms with Crippen molar-refractivity contribution in [1.82, 2.24) is 15.2 Å². The Morgan fingerprint density at radius 3 is 2.70 bits per heavy atom. The molecule has 0 spiro atoms. The molecular formula is C28H31N3O2. The molecule has 2 amide bonds. The topological polar surface area (TPSA) is 62.3 Å². The van der Waals surface area contributed by atoms with Gasteiger partial charge in [-0.25, -0.2) is 0 Å². The van der Waals surface area contributed by atoms with Crippen LogP contribution in [0.15, 0.2) is 73.1 Å². The number of carbonyl (C=O) groups excluding carboxylic acids is 2. The van der Waals surface area contributed by atoms with Crippen molar-refractivity contribution in [1.29, 1.82) is 0 Å². The van der Waals surface area contributed by atoms with Crippen LogP contribution < -0.4 is 5.32 Å². The van der Waals surface area contributed by atoms with Gasteiger partial charge in [0, 0.05) is 32.0 Å². The molecule has 1 aliphatic heterocycles. The van der Waals surface area contributed by atoms with E-state index in [9.17, 15) is 9.59 Å². The van der Waals surface area contributed by atoms with Crippen molar-refractivity contribution in [2.75, 3.05) is 19.6 Å². The van der Waals surface area contributed by atoms with E-state index in [0.29, 0.717) is 38.0 Å². The van der Waals surface area contributed by atoms with E-state index in [1.807, 2.05) is 19.1 Å². The standard InChI is InChI=1S/C28H31N3O2/c1-3-14-30-27(33)28(13-16-31(20-28)26(32)24-11-7-15-29-19-24)18-23-9-4-5-12-25(23)22-10-6-8-21(2)17-22/h4-12,15,17,19H,3,13-14,16,18,20H2,1-2H3,(H,30,33). The Morgan fingerprint density at radius 2 is 1.94 bits per heavy atom. The fourth-order valence-corrected chi connectivity index (χ4v) is 4.69. The highest BCUT2D eigenvalue weighted by Gasteiger charge is 2.46. The fourth-order valence-electron chi connectivity index (χ4n) is 4.69. The van der Waals surface area contributed by atoms with Gasteiger partial charge in [0.25, 0.3) is 5.91 Å². The van der Waals surface area contributed by atoms with Crippen LogP contribution in [-0.2, 0) is 11.2 Å². The average molecular weight is 442 g/mol. The predicted octanol–water partition coefficient (Wildman–Crippen LogP) is 4.66. The van der Waals surface area contributed by atoms with Crippen molar-refractivity contribution in [3.8, 4) is 11.1 Å². The highest BCUT2D eigenvalue weighted by atomic mass is 16.2. The quantitative estimate of drug-likeness (QED) is 0.580. The Balaban J connectivity index is 1.66. The van der Waals surface area contributed by atoms with Crippen molar-refractivity contribution in [2.24, 2.45) is 5.41 Å². The van der Waals surface area contributed by atoms with E-state index in [0.717, 1.165) is 23.1 Å². The van der Waals surface area contributed by atoms with Crippen LogP contribution in [0.4, 0.5) is 0 Å². The molecule has 1 saturated heterocycles. The number of nitrogens with one attached hydrogen (secondary N) is 1. The van der Waals surface area contributed by atoms with Crippen molar-refractivity contribution in [3.63, 3.8) is 0 Å². The Labute approximate surface area is 195 Å². The maximum Gasteiger partial charge on any atom is 0.255 e. The molecule has 0 bridgehead atoms. The number of pyridine rings is 1. The van der Waals surface area contributed by atoms with Gasteiger partial charge in [-0.05, 0) is 55.0 Å². The molecule has 5 nitrogen and oxygen atoms in total. The summed E-state index contributed by atoms with van der Waals surface area (Å²) >= 11 is 0. The lowest BCUT2D eigenvalue weighted by atomic mass is 9.78. The molecule has 3 aromatic rings. The highest BCUT2D eigenvalue weighted by molar-refractivity contribution is 5.95. The first kappa shape index (κ1) is 22.7. The zero-order chi connectivity index (χ0) is 23.3. The summed E-state index contributed by atoms with van der Waals surface area (Å²) in [6, 6.07) is 20.3. The van der Waals surface area contributed by atoms with E-state index >= 15 is 0 Å². The van der Waals surface area contributed by atoms with Crippen molar-refractivity contribution >= 4 is 11.8 Å². The summed E-state index contributed by atoms with van der Waals surface area (Å²) in [6.45, 7) is 5.73. The van der Waals surface area contributed by atoms with E-state index in [-0.39, 0.29) is 11.8 Å². The van der Waals surface area contributed by atoms with Crippen molar-refractivity contribution in [3.05, 3.63) is 89.7 Å². The summed E-state index contributed by atoms with van der Waals surface area (Å²) in [7, 11) is 0. The fraction of sp³-hybridized carbons (Fsp3) is 0.321. The Kier molecular flexibility index (Phi) is 6.87. The third-order valence-electron chi connectivity index (χ3n) is 6.44. The second kappa shape index (κ2) is 9.99. The molecule has 33 heavy (non-hydrogen) atoms. The number of rotatable bonds is 7. The minimum Gasteiger partial charge on any atom is -0.356 e. The second-order valence-electron chi connectivity index (χ2n) is 8.96. The lowest BCUT2D eigenvalue weighted by Gasteiger charge is -2.29. The molecule has 4 rings (SSSR count). The number of aryl methyl sites for hydroxylation is 1. The summed E-state index contributed by atoms with van der Waals surface area (Å²) in [5.74, 6) is -0.0369.